The molecule has 1 aromatic carbocycles. The minimum atomic E-state index is -0.958. The average Bonchev–Trinajstić information content (AvgIpc) is 2.27. The van der Waals surface area contributed by atoms with Crippen molar-refractivity contribution in [3.8, 4) is 5.75 Å². The van der Waals surface area contributed by atoms with Gasteiger partial charge in [-0.05, 0) is 29.8 Å². The van der Waals surface area contributed by atoms with E-state index in [1.165, 1.54) is 7.11 Å². The van der Waals surface area contributed by atoms with Crippen molar-refractivity contribution in [3.63, 3.8) is 0 Å². The standard InChI is InChI=1S/C13H19O3Si/c1-13(2,3)17(5)16-11-8-6-7-10(9-11)12(14)15-4/h6-9H,1-5H3. The molecule has 1 aromatic rings. The first-order chi connectivity index (χ1) is 7.84. The van der Waals surface area contributed by atoms with Gasteiger partial charge in [0.2, 0.25) is 0 Å². The largest absolute Gasteiger partial charge is 0.542 e. The first kappa shape index (κ1) is 13.8. The van der Waals surface area contributed by atoms with Crippen molar-refractivity contribution < 1.29 is 14.0 Å². The summed E-state index contributed by atoms with van der Waals surface area (Å²) in [4.78, 5) is 11.4. The average molecular weight is 251 g/mol. The van der Waals surface area contributed by atoms with Crippen molar-refractivity contribution in [1.82, 2.24) is 0 Å². The minimum Gasteiger partial charge on any atom is -0.542 e. The van der Waals surface area contributed by atoms with Crippen LogP contribution < -0.4 is 4.43 Å². The van der Waals surface area contributed by atoms with Gasteiger partial charge in [0.15, 0.2) is 0 Å². The van der Waals surface area contributed by atoms with Crippen LogP contribution in [0.3, 0.4) is 0 Å². The summed E-state index contributed by atoms with van der Waals surface area (Å²) < 4.78 is 10.6. The minimum absolute atomic E-state index is 0.159. The zero-order chi connectivity index (χ0) is 13.1. The van der Waals surface area contributed by atoms with Gasteiger partial charge in [0, 0.05) is 0 Å². The maximum atomic E-state index is 11.4. The highest BCUT2D eigenvalue weighted by Gasteiger charge is 2.26. The van der Waals surface area contributed by atoms with Crippen molar-refractivity contribution in [1.29, 1.82) is 0 Å². The monoisotopic (exact) mass is 251 g/mol. The quantitative estimate of drug-likeness (QED) is 0.611. The number of esters is 1. The van der Waals surface area contributed by atoms with Crippen molar-refractivity contribution in [2.45, 2.75) is 32.4 Å². The summed E-state index contributed by atoms with van der Waals surface area (Å²) in [6.07, 6.45) is 0. The third-order valence-corrected chi connectivity index (χ3v) is 5.24. The van der Waals surface area contributed by atoms with E-state index in [1.54, 1.807) is 18.2 Å². The second kappa shape index (κ2) is 5.36. The number of hydrogen-bond acceptors (Lipinski definition) is 3. The predicted octanol–water partition coefficient (Wildman–Crippen LogP) is 3.27. The number of carbonyl (C=O) groups excluding carboxylic acids is 1. The molecule has 0 aliphatic rings. The highest BCUT2D eigenvalue weighted by atomic mass is 28.3. The van der Waals surface area contributed by atoms with Crippen LogP contribution >= 0.6 is 0 Å². The molecule has 0 heterocycles. The lowest BCUT2D eigenvalue weighted by Crippen LogP contribution is -2.28. The van der Waals surface area contributed by atoms with E-state index in [1.807, 2.05) is 6.07 Å². The molecule has 0 amide bonds. The van der Waals surface area contributed by atoms with E-state index in [9.17, 15) is 4.79 Å². The lowest BCUT2D eigenvalue weighted by atomic mass is 10.2. The zero-order valence-corrected chi connectivity index (χ0v) is 12.0. The lowest BCUT2D eigenvalue weighted by Gasteiger charge is -2.25. The summed E-state index contributed by atoms with van der Waals surface area (Å²) in [6, 6.07) is 7.12. The van der Waals surface area contributed by atoms with Crippen LogP contribution in [0.5, 0.6) is 5.75 Å². The van der Waals surface area contributed by atoms with Gasteiger partial charge in [-0.25, -0.2) is 4.79 Å². The van der Waals surface area contributed by atoms with Crippen LogP contribution in [-0.4, -0.2) is 22.1 Å². The molecule has 0 aliphatic carbocycles. The molecular formula is C13H19O3Si. The molecule has 93 valence electrons. The number of rotatable bonds is 3. The van der Waals surface area contributed by atoms with E-state index < -0.39 is 9.04 Å². The molecule has 4 heteroatoms. The van der Waals surface area contributed by atoms with Crippen molar-refractivity contribution in [2.75, 3.05) is 7.11 Å². The SMILES string of the molecule is COC(=O)c1cccc(O[Si](C)C(C)(C)C)c1. The highest BCUT2D eigenvalue weighted by Crippen LogP contribution is 2.28. The first-order valence-corrected chi connectivity index (χ1v) is 7.45. The molecule has 0 atom stereocenters. The van der Waals surface area contributed by atoms with E-state index in [0.29, 0.717) is 5.56 Å². The summed E-state index contributed by atoms with van der Waals surface area (Å²) in [6.45, 7) is 8.60. The van der Waals surface area contributed by atoms with Gasteiger partial charge in [0.05, 0.1) is 12.7 Å². The maximum absolute atomic E-state index is 11.4. The van der Waals surface area contributed by atoms with Crippen LogP contribution in [0.25, 0.3) is 0 Å². The summed E-state index contributed by atoms with van der Waals surface area (Å²) in [5.41, 5.74) is 0.522. The number of carbonyl (C=O) groups is 1. The number of ether oxygens (including phenoxy) is 1. The molecule has 0 fully saturated rings. The summed E-state index contributed by atoms with van der Waals surface area (Å²) in [5, 5.41) is 0.159. The Kier molecular flexibility index (Phi) is 4.34. The molecular weight excluding hydrogens is 232 g/mol. The van der Waals surface area contributed by atoms with E-state index in [0.717, 1.165) is 5.75 Å². The number of hydrogen-bond donors (Lipinski definition) is 0. The Balaban J connectivity index is 2.83. The zero-order valence-electron chi connectivity index (χ0n) is 11.0. The highest BCUT2D eigenvalue weighted by molar-refractivity contribution is 6.54. The van der Waals surface area contributed by atoms with E-state index in [4.69, 9.17) is 4.43 Å². The van der Waals surface area contributed by atoms with Gasteiger partial charge in [-0.2, -0.15) is 0 Å². The Morgan fingerprint density at radius 2 is 1.94 bits per heavy atom. The normalized spacial score (nSPS) is 11.4. The molecule has 17 heavy (non-hydrogen) atoms. The molecule has 3 nitrogen and oxygen atoms in total. The topological polar surface area (TPSA) is 35.5 Å². The molecule has 0 bridgehead atoms. The molecule has 0 saturated carbocycles. The fourth-order valence-corrected chi connectivity index (χ4v) is 1.92. The Bertz CT molecular complexity index is 396. The molecule has 0 aliphatic heterocycles. The summed E-state index contributed by atoms with van der Waals surface area (Å²) >= 11 is 0. The molecule has 0 unspecified atom stereocenters. The van der Waals surface area contributed by atoms with Crippen LogP contribution in [0.4, 0.5) is 0 Å². The van der Waals surface area contributed by atoms with E-state index in [2.05, 4.69) is 32.1 Å². The Morgan fingerprint density at radius 1 is 1.29 bits per heavy atom. The smallest absolute Gasteiger partial charge is 0.337 e. The third kappa shape index (κ3) is 3.89. The van der Waals surface area contributed by atoms with Gasteiger partial charge in [-0.15, -0.1) is 0 Å². The van der Waals surface area contributed by atoms with Gasteiger partial charge in [-0.3, -0.25) is 0 Å². The maximum Gasteiger partial charge on any atom is 0.337 e. The van der Waals surface area contributed by atoms with Gasteiger partial charge >= 0.3 is 5.97 Å². The van der Waals surface area contributed by atoms with E-state index >= 15 is 0 Å². The summed E-state index contributed by atoms with van der Waals surface area (Å²) in [7, 11) is 0.417. The van der Waals surface area contributed by atoms with Crippen molar-refractivity contribution in [2.24, 2.45) is 0 Å². The third-order valence-electron chi connectivity index (χ3n) is 2.58. The molecule has 0 aromatic heterocycles. The Hall–Kier alpha value is -1.29. The van der Waals surface area contributed by atoms with Gasteiger partial charge in [-0.1, -0.05) is 26.8 Å². The predicted molar refractivity (Wildman–Crippen MR) is 69.7 cm³/mol. The van der Waals surface area contributed by atoms with Crippen LogP contribution in [0.15, 0.2) is 24.3 Å². The van der Waals surface area contributed by atoms with E-state index in [-0.39, 0.29) is 11.0 Å². The molecule has 0 N–H and O–H groups in total. The van der Waals surface area contributed by atoms with Crippen LogP contribution in [0.2, 0.25) is 11.6 Å². The second-order valence-corrected chi connectivity index (χ2v) is 7.74. The van der Waals surface area contributed by atoms with Gasteiger partial charge in [0.25, 0.3) is 9.04 Å². The first-order valence-electron chi connectivity index (χ1n) is 5.55. The Morgan fingerprint density at radius 3 is 2.47 bits per heavy atom. The number of benzene rings is 1. The molecule has 0 saturated heterocycles. The van der Waals surface area contributed by atoms with Gasteiger partial charge < -0.3 is 9.16 Å². The summed E-state index contributed by atoms with van der Waals surface area (Å²) in [5.74, 6) is 0.398. The van der Waals surface area contributed by atoms with Crippen molar-refractivity contribution >= 4 is 15.0 Å². The van der Waals surface area contributed by atoms with Crippen LogP contribution in [-0.2, 0) is 4.74 Å². The molecule has 1 radical (unpaired) electrons. The van der Waals surface area contributed by atoms with Crippen LogP contribution in [0.1, 0.15) is 31.1 Å². The number of methoxy groups -OCH3 is 1. The fourth-order valence-electron chi connectivity index (χ4n) is 1.13. The molecule has 1 rings (SSSR count). The van der Waals surface area contributed by atoms with Crippen LogP contribution in [0, 0.1) is 0 Å². The van der Waals surface area contributed by atoms with Crippen molar-refractivity contribution in [3.05, 3.63) is 29.8 Å². The Labute approximate surface area is 104 Å². The lowest BCUT2D eigenvalue weighted by molar-refractivity contribution is 0.0600. The second-order valence-electron chi connectivity index (χ2n) is 4.93. The fraction of sp³-hybridized carbons (Fsp3) is 0.462. The van der Waals surface area contributed by atoms with Gasteiger partial charge in [0.1, 0.15) is 5.75 Å². The molecule has 0 spiro atoms.